The van der Waals surface area contributed by atoms with Gasteiger partial charge in [0, 0.05) is 12.1 Å². The van der Waals surface area contributed by atoms with E-state index in [1.54, 1.807) is 31.4 Å². The molecule has 2 aromatic rings. The number of carbonyl (C=O) groups is 1. The van der Waals surface area contributed by atoms with Gasteiger partial charge in [-0.15, -0.1) is 0 Å². The van der Waals surface area contributed by atoms with Crippen molar-refractivity contribution in [3.8, 4) is 11.5 Å². The standard InChI is InChI=1S/C16H18N2O3/c1-20-14-7-6-11(9-17)8-12(14)10-21-15-5-3-2-4-13(15)16(18)19/h2-8H,9-10,17H2,1H3,(H2,18,19). The smallest absolute Gasteiger partial charge is 0.252 e. The number of hydrogen-bond acceptors (Lipinski definition) is 4. The van der Waals surface area contributed by atoms with Gasteiger partial charge in [0.25, 0.3) is 5.91 Å². The number of methoxy groups -OCH3 is 1. The highest BCUT2D eigenvalue weighted by Gasteiger charge is 2.10. The van der Waals surface area contributed by atoms with Gasteiger partial charge >= 0.3 is 0 Å². The zero-order valence-corrected chi connectivity index (χ0v) is 11.8. The number of ether oxygens (including phenoxy) is 2. The Morgan fingerprint density at radius 3 is 2.57 bits per heavy atom. The Bertz CT molecular complexity index is 641. The second-order valence-electron chi connectivity index (χ2n) is 4.50. The summed E-state index contributed by atoms with van der Waals surface area (Å²) in [7, 11) is 1.60. The van der Waals surface area contributed by atoms with Gasteiger partial charge in [-0.3, -0.25) is 4.79 Å². The van der Waals surface area contributed by atoms with Crippen molar-refractivity contribution in [3.63, 3.8) is 0 Å². The minimum Gasteiger partial charge on any atom is -0.496 e. The summed E-state index contributed by atoms with van der Waals surface area (Å²) >= 11 is 0. The van der Waals surface area contributed by atoms with E-state index >= 15 is 0 Å². The Kier molecular flexibility index (Phi) is 4.79. The molecule has 110 valence electrons. The van der Waals surface area contributed by atoms with Crippen LogP contribution < -0.4 is 20.9 Å². The Hall–Kier alpha value is -2.53. The van der Waals surface area contributed by atoms with Crippen molar-refractivity contribution in [2.75, 3.05) is 7.11 Å². The van der Waals surface area contributed by atoms with Crippen LogP contribution in [0.4, 0.5) is 0 Å². The summed E-state index contributed by atoms with van der Waals surface area (Å²) in [6, 6.07) is 12.5. The molecule has 4 N–H and O–H groups in total. The van der Waals surface area contributed by atoms with Crippen LogP contribution in [0.1, 0.15) is 21.5 Å². The van der Waals surface area contributed by atoms with Crippen molar-refractivity contribution in [1.29, 1.82) is 0 Å². The number of primary amides is 1. The van der Waals surface area contributed by atoms with E-state index in [0.29, 0.717) is 23.6 Å². The molecular weight excluding hydrogens is 268 g/mol. The van der Waals surface area contributed by atoms with Gasteiger partial charge in [-0.05, 0) is 29.8 Å². The van der Waals surface area contributed by atoms with Crippen molar-refractivity contribution in [3.05, 3.63) is 59.2 Å². The Labute approximate surface area is 123 Å². The summed E-state index contributed by atoms with van der Waals surface area (Å²) in [5, 5.41) is 0. The minimum atomic E-state index is -0.520. The van der Waals surface area contributed by atoms with Gasteiger partial charge in [0.15, 0.2) is 0 Å². The monoisotopic (exact) mass is 286 g/mol. The first-order valence-electron chi connectivity index (χ1n) is 6.53. The molecular formula is C16H18N2O3. The normalized spacial score (nSPS) is 10.2. The van der Waals surface area contributed by atoms with E-state index < -0.39 is 5.91 Å². The minimum absolute atomic E-state index is 0.265. The topological polar surface area (TPSA) is 87.6 Å². The van der Waals surface area contributed by atoms with Gasteiger partial charge in [0.05, 0.1) is 12.7 Å². The first-order valence-corrected chi connectivity index (χ1v) is 6.53. The third-order valence-corrected chi connectivity index (χ3v) is 3.12. The van der Waals surface area contributed by atoms with Gasteiger partial charge < -0.3 is 20.9 Å². The zero-order valence-electron chi connectivity index (χ0n) is 11.8. The molecule has 0 bridgehead atoms. The highest BCUT2D eigenvalue weighted by molar-refractivity contribution is 5.95. The highest BCUT2D eigenvalue weighted by atomic mass is 16.5. The van der Waals surface area contributed by atoms with Crippen LogP contribution in [0.25, 0.3) is 0 Å². The number of nitrogens with two attached hydrogens (primary N) is 2. The molecule has 0 unspecified atom stereocenters. The summed E-state index contributed by atoms with van der Waals surface area (Å²) in [6.45, 7) is 0.705. The number of hydrogen-bond donors (Lipinski definition) is 2. The molecule has 1 amide bonds. The Balaban J connectivity index is 2.22. The molecule has 5 heteroatoms. The molecule has 0 aliphatic heterocycles. The summed E-state index contributed by atoms with van der Waals surface area (Å²) in [5.41, 5.74) is 13.2. The molecule has 0 spiro atoms. The number of amides is 1. The summed E-state index contributed by atoms with van der Waals surface area (Å²) in [6.07, 6.45) is 0. The van der Waals surface area contributed by atoms with Crippen molar-refractivity contribution in [2.45, 2.75) is 13.2 Å². The first kappa shape index (κ1) is 14.9. The molecule has 0 aliphatic carbocycles. The van der Waals surface area contributed by atoms with Crippen LogP contribution in [0, 0.1) is 0 Å². The lowest BCUT2D eigenvalue weighted by atomic mass is 10.1. The zero-order chi connectivity index (χ0) is 15.2. The fourth-order valence-corrected chi connectivity index (χ4v) is 2.02. The van der Waals surface area contributed by atoms with E-state index in [9.17, 15) is 4.79 Å². The molecule has 0 fully saturated rings. The van der Waals surface area contributed by atoms with Crippen molar-refractivity contribution >= 4 is 5.91 Å². The maximum atomic E-state index is 11.4. The molecule has 0 aromatic heterocycles. The average Bonchev–Trinajstić information content (AvgIpc) is 2.52. The molecule has 0 heterocycles. The lowest BCUT2D eigenvalue weighted by Gasteiger charge is -2.13. The Morgan fingerprint density at radius 1 is 1.14 bits per heavy atom. The maximum absolute atomic E-state index is 11.4. The molecule has 2 rings (SSSR count). The van der Waals surface area contributed by atoms with Crippen LogP contribution in [0.15, 0.2) is 42.5 Å². The third-order valence-electron chi connectivity index (χ3n) is 3.12. The lowest BCUT2D eigenvalue weighted by Crippen LogP contribution is -2.13. The molecule has 2 aromatic carbocycles. The number of carbonyl (C=O) groups excluding carboxylic acids is 1. The first-order chi connectivity index (χ1) is 10.2. The van der Waals surface area contributed by atoms with Gasteiger partial charge in [0.1, 0.15) is 18.1 Å². The van der Waals surface area contributed by atoms with E-state index in [0.717, 1.165) is 11.1 Å². The largest absolute Gasteiger partial charge is 0.496 e. The lowest BCUT2D eigenvalue weighted by molar-refractivity contribution is 0.0996. The Morgan fingerprint density at radius 2 is 1.90 bits per heavy atom. The third kappa shape index (κ3) is 3.52. The predicted octanol–water partition coefficient (Wildman–Crippen LogP) is 1.83. The number of benzene rings is 2. The SMILES string of the molecule is COc1ccc(CN)cc1COc1ccccc1C(N)=O. The second kappa shape index (κ2) is 6.76. The molecule has 0 aliphatic rings. The highest BCUT2D eigenvalue weighted by Crippen LogP contribution is 2.24. The van der Waals surface area contributed by atoms with Crippen LogP contribution in [-0.2, 0) is 13.2 Å². The van der Waals surface area contributed by atoms with Gasteiger partial charge in [-0.1, -0.05) is 18.2 Å². The van der Waals surface area contributed by atoms with Gasteiger partial charge in [-0.25, -0.2) is 0 Å². The van der Waals surface area contributed by atoms with E-state index in [4.69, 9.17) is 20.9 Å². The summed E-state index contributed by atoms with van der Waals surface area (Å²) in [4.78, 5) is 11.4. The van der Waals surface area contributed by atoms with Crippen molar-refractivity contribution < 1.29 is 14.3 Å². The maximum Gasteiger partial charge on any atom is 0.252 e. The molecule has 0 atom stereocenters. The number of para-hydroxylation sites is 1. The number of rotatable bonds is 6. The summed E-state index contributed by atoms with van der Waals surface area (Å²) in [5.74, 6) is 0.641. The molecule has 0 radical (unpaired) electrons. The van der Waals surface area contributed by atoms with Crippen molar-refractivity contribution in [2.24, 2.45) is 11.5 Å². The van der Waals surface area contributed by atoms with E-state index in [1.807, 2.05) is 18.2 Å². The molecule has 0 saturated carbocycles. The quantitative estimate of drug-likeness (QED) is 0.848. The average molecular weight is 286 g/mol. The fourth-order valence-electron chi connectivity index (χ4n) is 2.02. The van der Waals surface area contributed by atoms with Crippen LogP contribution in [0.5, 0.6) is 11.5 Å². The molecule has 5 nitrogen and oxygen atoms in total. The molecule has 0 saturated heterocycles. The molecule has 21 heavy (non-hydrogen) atoms. The van der Waals surface area contributed by atoms with Crippen LogP contribution in [-0.4, -0.2) is 13.0 Å². The van der Waals surface area contributed by atoms with Gasteiger partial charge in [-0.2, -0.15) is 0 Å². The van der Waals surface area contributed by atoms with E-state index in [1.165, 1.54) is 0 Å². The van der Waals surface area contributed by atoms with Crippen LogP contribution in [0.2, 0.25) is 0 Å². The summed E-state index contributed by atoms with van der Waals surface area (Å²) < 4.78 is 11.0. The second-order valence-corrected chi connectivity index (χ2v) is 4.50. The van der Waals surface area contributed by atoms with Gasteiger partial charge in [0.2, 0.25) is 0 Å². The van der Waals surface area contributed by atoms with Crippen LogP contribution >= 0.6 is 0 Å². The van der Waals surface area contributed by atoms with E-state index in [-0.39, 0.29) is 6.61 Å². The van der Waals surface area contributed by atoms with Crippen molar-refractivity contribution in [1.82, 2.24) is 0 Å². The van der Waals surface area contributed by atoms with Crippen LogP contribution in [0.3, 0.4) is 0 Å². The van der Waals surface area contributed by atoms with E-state index in [2.05, 4.69) is 0 Å². The fraction of sp³-hybridized carbons (Fsp3) is 0.188. The predicted molar refractivity (Wildman–Crippen MR) is 80.2 cm³/mol.